The molecule has 1 amide bonds. The number of amides is 1. The van der Waals surface area contributed by atoms with Gasteiger partial charge in [0.25, 0.3) is 0 Å². The first-order valence-electron chi connectivity index (χ1n) is 9.77. The van der Waals surface area contributed by atoms with Crippen molar-refractivity contribution in [2.45, 2.75) is 17.7 Å². The Morgan fingerprint density at radius 3 is 2.61 bits per heavy atom. The summed E-state index contributed by atoms with van der Waals surface area (Å²) in [6.45, 7) is 0.272. The molecule has 4 rings (SSSR count). The minimum atomic E-state index is -0.464. The molecule has 2 heterocycles. The number of rotatable bonds is 8. The predicted molar refractivity (Wildman–Crippen MR) is 118 cm³/mol. The van der Waals surface area contributed by atoms with E-state index < -0.39 is 6.04 Å². The van der Waals surface area contributed by atoms with Gasteiger partial charge in [0, 0.05) is 6.20 Å². The number of carbonyl (C=O) groups excluding carboxylic acids is 1. The highest BCUT2D eigenvalue weighted by molar-refractivity contribution is 7.99. The Hall–Kier alpha value is -3.23. The molecule has 2 N–H and O–H groups in total. The van der Waals surface area contributed by atoms with E-state index in [1.54, 1.807) is 18.3 Å². The maximum atomic E-state index is 13.3. The van der Waals surface area contributed by atoms with E-state index in [9.17, 15) is 14.3 Å². The number of halogens is 1. The fourth-order valence-corrected chi connectivity index (χ4v) is 4.06. The summed E-state index contributed by atoms with van der Waals surface area (Å²) in [6.07, 6.45) is 1.69. The lowest BCUT2D eigenvalue weighted by atomic mass is 10.1. The Kier molecular flexibility index (Phi) is 6.59. The van der Waals surface area contributed by atoms with Gasteiger partial charge < -0.3 is 10.4 Å². The largest absolute Gasteiger partial charge is 0.394 e. The third-order valence-corrected chi connectivity index (χ3v) is 5.75. The third-order valence-electron chi connectivity index (χ3n) is 4.77. The van der Waals surface area contributed by atoms with Gasteiger partial charge in [0.2, 0.25) is 5.91 Å². The molecule has 4 aromatic rings. The van der Waals surface area contributed by atoms with Crippen molar-refractivity contribution in [1.82, 2.24) is 19.9 Å². The van der Waals surface area contributed by atoms with E-state index in [1.165, 1.54) is 23.9 Å². The number of aliphatic hydroxyl groups excluding tert-OH is 1. The topological polar surface area (TPSA) is 80.0 Å². The zero-order valence-corrected chi connectivity index (χ0v) is 17.4. The lowest BCUT2D eigenvalue weighted by Gasteiger charge is -2.16. The highest BCUT2D eigenvalue weighted by atomic mass is 32.2. The van der Waals surface area contributed by atoms with E-state index >= 15 is 0 Å². The summed E-state index contributed by atoms with van der Waals surface area (Å²) >= 11 is 1.30. The number of aliphatic hydroxyl groups is 1. The van der Waals surface area contributed by atoms with E-state index in [2.05, 4.69) is 15.3 Å². The SMILES string of the molecule is O=C(CSc1nc2cccnc2n1Cc1ccc(F)cc1)N[C@@H](CO)c1ccccc1. The van der Waals surface area contributed by atoms with Gasteiger partial charge in [-0.05, 0) is 35.4 Å². The summed E-state index contributed by atoms with van der Waals surface area (Å²) < 4.78 is 15.2. The van der Waals surface area contributed by atoms with E-state index in [1.807, 2.05) is 47.0 Å². The number of hydrogen-bond donors (Lipinski definition) is 2. The van der Waals surface area contributed by atoms with Crippen LogP contribution >= 0.6 is 11.8 Å². The Labute approximate surface area is 183 Å². The van der Waals surface area contributed by atoms with Crippen LogP contribution in [0.3, 0.4) is 0 Å². The molecule has 6 nitrogen and oxygen atoms in total. The number of carbonyl (C=O) groups is 1. The first-order chi connectivity index (χ1) is 15.1. The standard InChI is InChI=1S/C23H21FN4O2S/c24-18-10-8-16(9-11-18)13-28-22-19(7-4-12-25-22)27-23(28)31-15-21(30)26-20(14-29)17-5-2-1-3-6-17/h1-12,20,29H,13-15H2,(H,26,30)/t20-/m0/s1. The summed E-state index contributed by atoms with van der Waals surface area (Å²) in [7, 11) is 0. The molecule has 0 aliphatic rings. The van der Waals surface area contributed by atoms with Crippen molar-refractivity contribution >= 4 is 28.8 Å². The molecule has 0 spiro atoms. The monoisotopic (exact) mass is 436 g/mol. The van der Waals surface area contributed by atoms with Crippen LogP contribution in [0.15, 0.2) is 78.1 Å². The smallest absolute Gasteiger partial charge is 0.231 e. The molecule has 0 radical (unpaired) electrons. The fourth-order valence-electron chi connectivity index (χ4n) is 3.25. The number of hydrogen-bond acceptors (Lipinski definition) is 5. The normalized spacial score (nSPS) is 12.1. The van der Waals surface area contributed by atoms with Gasteiger partial charge in [-0.25, -0.2) is 14.4 Å². The van der Waals surface area contributed by atoms with Gasteiger partial charge in [0.15, 0.2) is 10.8 Å². The maximum Gasteiger partial charge on any atom is 0.231 e. The van der Waals surface area contributed by atoms with Crippen molar-refractivity contribution in [3.05, 3.63) is 89.9 Å². The summed E-state index contributed by atoms with van der Waals surface area (Å²) in [4.78, 5) is 21.6. The van der Waals surface area contributed by atoms with Crippen LogP contribution in [0.4, 0.5) is 4.39 Å². The number of aromatic nitrogens is 3. The summed E-state index contributed by atoms with van der Waals surface area (Å²) in [5.74, 6) is -0.363. The molecule has 0 aliphatic carbocycles. The molecule has 0 fully saturated rings. The van der Waals surface area contributed by atoms with E-state index in [0.29, 0.717) is 17.3 Å². The van der Waals surface area contributed by atoms with Crippen LogP contribution in [0.2, 0.25) is 0 Å². The number of nitrogens with zero attached hydrogens (tertiary/aromatic N) is 3. The number of benzene rings is 2. The van der Waals surface area contributed by atoms with Gasteiger partial charge in [-0.15, -0.1) is 0 Å². The van der Waals surface area contributed by atoms with Crippen LogP contribution in [0.5, 0.6) is 0 Å². The molecule has 1 atom stereocenters. The van der Waals surface area contributed by atoms with Gasteiger partial charge in [-0.2, -0.15) is 0 Å². The van der Waals surface area contributed by atoms with E-state index in [0.717, 1.165) is 16.6 Å². The van der Waals surface area contributed by atoms with Crippen molar-refractivity contribution in [3.8, 4) is 0 Å². The number of imidazole rings is 1. The highest BCUT2D eigenvalue weighted by Gasteiger charge is 2.17. The van der Waals surface area contributed by atoms with Crippen molar-refractivity contribution in [2.24, 2.45) is 0 Å². The zero-order chi connectivity index (χ0) is 21.6. The van der Waals surface area contributed by atoms with Gasteiger partial charge in [0.05, 0.1) is 24.9 Å². The lowest BCUT2D eigenvalue weighted by Crippen LogP contribution is -2.32. The van der Waals surface area contributed by atoms with Gasteiger partial charge in [-0.1, -0.05) is 54.2 Å². The van der Waals surface area contributed by atoms with Crippen LogP contribution in [-0.4, -0.2) is 37.9 Å². The van der Waals surface area contributed by atoms with Crippen LogP contribution in [0, 0.1) is 5.82 Å². The molecule has 2 aromatic carbocycles. The molecule has 8 heteroatoms. The summed E-state index contributed by atoms with van der Waals surface area (Å²) in [6, 6.07) is 18.8. The first kappa shape index (κ1) is 21.0. The Balaban J connectivity index is 1.50. The average Bonchev–Trinajstić information content (AvgIpc) is 3.15. The third kappa shape index (κ3) is 5.10. The van der Waals surface area contributed by atoms with Crippen LogP contribution in [0.25, 0.3) is 11.2 Å². The minimum absolute atomic E-state index is 0.135. The minimum Gasteiger partial charge on any atom is -0.394 e. The number of fused-ring (bicyclic) bond motifs is 1. The Morgan fingerprint density at radius 2 is 1.87 bits per heavy atom. The molecular formula is C23H21FN4O2S. The zero-order valence-electron chi connectivity index (χ0n) is 16.6. The van der Waals surface area contributed by atoms with Crippen LogP contribution in [-0.2, 0) is 11.3 Å². The Morgan fingerprint density at radius 1 is 1.10 bits per heavy atom. The summed E-state index contributed by atoms with van der Waals surface area (Å²) in [5.41, 5.74) is 3.18. The highest BCUT2D eigenvalue weighted by Crippen LogP contribution is 2.24. The molecule has 0 saturated carbocycles. The van der Waals surface area contributed by atoms with Crippen molar-refractivity contribution < 1.29 is 14.3 Å². The molecule has 0 bridgehead atoms. The van der Waals surface area contributed by atoms with E-state index in [-0.39, 0.29) is 24.1 Å². The first-order valence-corrected chi connectivity index (χ1v) is 10.8. The molecule has 0 unspecified atom stereocenters. The second kappa shape index (κ2) is 9.72. The molecule has 0 saturated heterocycles. The fraction of sp³-hybridized carbons (Fsp3) is 0.174. The average molecular weight is 437 g/mol. The number of pyridine rings is 1. The van der Waals surface area contributed by atoms with Gasteiger partial charge in [-0.3, -0.25) is 9.36 Å². The number of nitrogens with one attached hydrogen (secondary N) is 1. The van der Waals surface area contributed by atoms with Crippen molar-refractivity contribution in [1.29, 1.82) is 0 Å². The van der Waals surface area contributed by atoms with Crippen LogP contribution < -0.4 is 5.32 Å². The quantitative estimate of drug-likeness (QED) is 0.413. The number of thioether (sulfide) groups is 1. The predicted octanol–water partition coefficient (Wildman–Crippen LogP) is 3.56. The molecular weight excluding hydrogens is 415 g/mol. The van der Waals surface area contributed by atoms with Gasteiger partial charge >= 0.3 is 0 Å². The molecule has 31 heavy (non-hydrogen) atoms. The molecule has 158 valence electrons. The summed E-state index contributed by atoms with van der Waals surface area (Å²) in [5, 5.41) is 13.2. The maximum absolute atomic E-state index is 13.3. The van der Waals surface area contributed by atoms with Crippen LogP contribution in [0.1, 0.15) is 17.2 Å². The van der Waals surface area contributed by atoms with Crippen molar-refractivity contribution in [3.63, 3.8) is 0 Å². The Bertz CT molecular complexity index is 1170. The molecule has 0 aliphatic heterocycles. The lowest BCUT2D eigenvalue weighted by molar-refractivity contribution is -0.119. The second-order valence-corrected chi connectivity index (χ2v) is 7.90. The van der Waals surface area contributed by atoms with Crippen molar-refractivity contribution in [2.75, 3.05) is 12.4 Å². The second-order valence-electron chi connectivity index (χ2n) is 6.96. The van der Waals surface area contributed by atoms with Gasteiger partial charge in [0.1, 0.15) is 11.3 Å². The van der Waals surface area contributed by atoms with E-state index in [4.69, 9.17) is 0 Å². The molecule has 2 aromatic heterocycles.